The summed E-state index contributed by atoms with van der Waals surface area (Å²) in [5.41, 5.74) is 1.62. The molecule has 0 fully saturated rings. The second-order valence-corrected chi connectivity index (χ2v) is 6.50. The number of hydrogen-bond acceptors (Lipinski definition) is 8. The first-order valence-electron chi connectivity index (χ1n) is 9.40. The third-order valence-corrected chi connectivity index (χ3v) is 4.45. The molecule has 8 heteroatoms. The summed E-state index contributed by atoms with van der Waals surface area (Å²) >= 11 is 0. The SMILES string of the molecule is CC(=N\O)/C(CCCCCCCCCCCCC(=N/O)/C(C)=N/O)=N\O. The lowest BCUT2D eigenvalue weighted by Gasteiger charge is -2.04. The van der Waals surface area contributed by atoms with Crippen molar-refractivity contribution < 1.29 is 20.8 Å². The lowest BCUT2D eigenvalue weighted by atomic mass is 10.0. The Morgan fingerprint density at radius 2 is 0.731 bits per heavy atom. The molecule has 0 aromatic heterocycles. The van der Waals surface area contributed by atoms with Crippen LogP contribution in [0, 0.1) is 0 Å². The third-order valence-electron chi connectivity index (χ3n) is 4.45. The van der Waals surface area contributed by atoms with Gasteiger partial charge < -0.3 is 20.8 Å². The largest absolute Gasteiger partial charge is 0.411 e. The zero-order valence-corrected chi connectivity index (χ0v) is 16.1. The summed E-state index contributed by atoms with van der Waals surface area (Å²) in [4.78, 5) is 0. The van der Waals surface area contributed by atoms with Gasteiger partial charge in [-0.25, -0.2) is 0 Å². The molecule has 0 amide bonds. The van der Waals surface area contributed by atoms with Gasteiger partial charge in [-0.1, -0.05) is 72.0 Å². The topological polar surface area (TPSA) is 130 Å². The highest BCUT2D eigenvalue weighted by Crippen LogP contribution is 2.13. The second-order valence-electron chi connectivity index (χ2n) is 6.50. The Kier molecular flexibility index (Phi) is 15.0. The van der Waals surface area contributed by atoms with Crippen LogP contribution in [0.2, 0.25) is 0 Å². The second kappa shape index (κ2) is 16.4. The van der Waals surface area contributed by atoms with E-state index in [0.717, 1.165) is 38.5 Å². The minimum atomic E-state index is 0.365. The number of rotatable bonds is 15. The fourth-order valence-corrected chi connectivity index (χ4v) is 2.72. The van der Waals surface area contributed by atoms with E-state index >= 15 is 0 Å². The van der Waals surface area contributed by atoms with Gasteiger partial charge in [0.15, 0.2) is 0 Å². The highest BCUT2D eigenvalue weighted by Gasteiger charge is 2.06. The van der Waals surface area contributed by atoms with E-state index in [1.54, 1.807) is 13.8 Å². The maximum Gasteiger partial charge on any atom is 0.104 e. The summed E-state index contributed by atoms with van der Waals surface area (Å²) in [7, 11) is 0. The molecule has 26 heavy (non-hydrogen) atoms. The molecule has 0 spiro atoms. The maximum atomic E-state index is 8.83. The van der Waals surface area contributed by atoms with Gasteiger partial charge in [0.2, 0.25) is 0 Å². The number of hydrogen-bond donors (Lipinski definition) is 4. The minimum absolute atomic E-state index is 0.365. The summed E-state index contributed by atoms with van der Waals surface area (Å²) in [5, 5.41) is 47.4. The van der Waals surface area contributed by atoms with Crippen molar-refractivity contribution in [2.75, 3.05) is 0 Å². The smallest absolute Gasteiger partial charge is 0.104 e. The molecular formula is C18H34N4O4. The molecule has 0 radical (unpaired) electrons. The molecule has 0 saturated heterocycles. The summed E-state index contributed by atoms with van der Waals surface area (Å²) in [5.74, 6) is 0. The zero-order chi connectivity index (χ0) is 19.6. The first-order chi connectivity index (χ1) is 12.6. The summed E-state index contributed by atoms with van der Waals surface area (Å²) in [6, 6.07) is 0. The van der Waals surface area contributed by atoms with Gasteiger partial charge in [-0.3, -0.25) is 0 Å². The Balaban J connectivity index is 3.50. The fraction of sp³-hybridized carbons (Fsp3) is 0.778. The Bertz CT molecular complexity index is 444. The highest BCUT2D eigenvalue weighted by molar-refractivity contribution is 6.41. The van der Waals surface area contributed by atoms with E-state index in [-0.39, 0.29) is 0 Å². The lowest BCUT2D eigenvalue weighted by Crippen LogP contribution is -2.10. The van der Waals surface area contributed by atoms with Crippen molar-refractivity contribution in [3.05, 3.63) is 0 Å². The molecule has 0 heterocycles. The van der Waals surface area contributed by atoms with Crippen molar-refractivity contribution in [1.29, 1.82) is 0 Å². The predicted octanol–water partition coefficient (Wildman–Crippen LogP) is 5.03. The van der Waals surface area contributed by atoms with E-state index in [4.69, 9.17) is 20.8 Å². The average Bonchev–Trinajstić information content (AvgIpc) is 2.67. The van der Waals surface area contributed by atoms with Crippen LogP contribution in [0.3, 0.4) is 0 Å². The molecule has 0 saturated carbocycles. The van der Waals surface area contributed by atoms with Crippen molar-refractivity contribution in [3.8, 4) is 0 Å². The van der Waals surface area contributed by atoms with Crippen LogP contribution in [0.4, 0.5) is 0 Å². The molecule has 0 aromatic rings. The first-order valence-corrected chi connectivity index (χ1v) is 9.40. The zero-order valence-electron chi connectivity index (χ0n) is 16.1. The molecule has 0 aliphatic heterocycles. The van der Waals surface area contributed by atoms with E-state index in [2.05, 4.69) is 20.6 Å². The van der Waals surface area contributed by atoms with Gasteiger partial charge in [0, 0.05) is 0 Å². The van der Waals surface area contributed by atoms with Crippen LogP contribution in [0.15, 0.2) is 20.6 Å². The van der Waals surface area contributed by atoms with E-state index in [9.17, 15) is 0 Å². The van der Waals surface area contributed by atoms with Crippen molar-refractivity contribution in [3.63, 3.8) is 0 Å². The fourth-order valence-electron chi connectivity index (χ4n) is 2.72. The van der Waals surface area contributed by atoms with Gasteiger partial charge in [-0.15, -0.1) is 0 Å². The van der Waals surface area contributed by atoms with Crippen molar-refractivity contribution >= 4 is 22.8 Å². The standard InChI is InChI=1S/C18H34N4O4/c1-15(19-23)17(21-25)13-11-9-7-5-3-4-6-8-10-12-14-18(22-26)16(2)20-24/h23-26H,3-14H2,1-2H3/b19-15+,20-16+,21-17-,22-18-. The lowest BCUT2D eigenvalue weighted by molar-refractivity contribution is 0.312. The number of unbranched alkanes of at least 4 members (excludes halogenated alkanes) is 9. The average molecular weight is 370 g/mol. The summed E-state index contributed by atoms with van der Waals surface area (Å²) in [6.07, 6.45) is 12.4. The van der Waals surface area contributed by atoms with Gasteiger partial charge in [0.05, 0.1) is 0 Å². The quantitative estimate of drug-likeness (QED) is 0.139. The van der Waals surface area contributed by atoms with Crippen LogP contribution < -0.4 is 0 Å². The Hall–Kier alpha value is -2.12. The molecule has 0 atom stereocenters. The van der Waals surface area contributed by atoms with Crippen LogP contribution in [0.25, 0.3) is 0 Å². The van der Waals surface area contributed by atoms with E-state index < -0.39 is 0 Å². The minimum Gasteiger partial charge on any atom is -0.411 e. The first kappa shape index (κ1) is 23.9. The van der Waals surface area contributed by atoms with E-state index in [1.165, 1.54) is 25.7 Å². The van der Waals surface area contributed by atoms with Gasteiger partial charge in [0.25, 0.3) is 0 Å². The molecule has 0 aliphatic carbocycles. The number of oxime groups is 4. The predicted molar refractivity (Wildman–Crippen MR) is 104 cm³/mol. The summed E-state index contributed by atoms with van der Waals surface area (Å²) in [6.45, 7) is 3.24. The van der Waals surface area contributed by atoms with Crippen LogP contribution in [0.5, 0.6) is 0 Å². The van der Waals surface area contributed by atoms with Gasteiger partial charge >= 0.3 is 0 Å². The number of nitrogens with zero attached hydrogens (tertiary/aromatic N) is 4. The molecule has 0 aliphatic rings. The highest BCUT2D eigenvalue weighted by atomic mass is 16.4. The van der Waals surface area contributed by atoms with Crippen LogP contribution in [-0.4, -0.2) is 43.7 Å². The molecule has 0 aromatic carbocycles. The van der Waals surface area contributed by atoms with Gasteiger partial charge in [-0.2, -0.15) is 0 Å². The molecule has 0 bridgehead atoms. The molecular weight excluding hydrogens is 336 g/mol. The monoisotopic (exact) mass is 370 g/mol. The molecule has 0 unspecified atom stereocenters. The van der Waals surface area contributed by atoms with E-state index in [1.807, 2.05) is 0 Å². The van der Waals surface area contributed by atoms with Crippen LogP contribution in [0.1, 0.15) is 90.9 Å². The Morgan fingerprint density at radius 3 is 0.962 bits per heavy atom. The molecule has 4 N–H and O–H groups in total. The Labute approximate surface area is 156 Å². The summed E-state index contributed by atoms with van der Waals surface area (Å²) < 4.78 is 0. The van der Waals surface area contributed by atoms with E-state index in [0.29, 0.717) is 35.7 Å². The molecule has 8 nitrogen and oxygen atoms in total. The van der Waals surface area contributed by atoms with Crippen LogP contribution in [-0.2, 0) is 0 Å². The van der Waals surface area contributed by atoms with Crippen LogP contribution >= 0.6 is 0 Å². The molecule has 0 rings (SSSR count). The van der Waals surface area contributed by atoms with Gasteiger partial charge in [0.1, 0.15) is 22.8 Å². The van der Waals surface area contributed by atoms with Crippen molar-refractivity contribution in [1.82, 2.24) is 0 Å². The molecule has 150 valence electrons. The normalized spacial score (nSPS) is 14.1. The third kappa shape index (κ3) is 11.4. The van der Waals surface area contributed by atoms with Gasteiger partial charge in [-0.05, 0) is 39.5 Å². The van der Waals surface area contributed by atoms with Crippen molar-refractivity contribution in [2.24, 2.45) is 20.6 Å². The van der Waals surface area contributed by atoms with Crippen molar-refractivity contribution in [2.45, 2.75) is 90.9 Å². The Morgan fingerprint density at radius 1 is 0.462 bits per heavy atom. The maximum absolute atomic E-state index is 8.83.